The van der Waals surface area contributed by atoms with E-state index in [4.69, 9.17) is 9.84 Å². The van der Waals surface area contributed by atoms with E-state index >= 15 is 0 Å². The van der Waals surface area contributed by atoms with Crippen molar-refractivity contribution in [3.8, 4) is 0 Å². The van der Waals surface area contributed by atoms with Gasteiger partial charge in [0.25, 0.3) is 0 Å². The van der Waals surface area contributed by atoms with Crippen molar-refractivity contribution < 1.29 is 19.4 Å². The quantitative estimate of drug-likeness (QED) is 0.553. The van der Waals surface area contributed by atoms with Crippen LogP contribution in [0.2, 0.25) is 0 Å². The van der Waals surface area contributed by atoms with E-state index in [1.54, 1.807) is 6.92 Å². The Hall–Kier alpha value is -1.30. The summed E-state index contributed by atoms with van der Waals surface area (Å²) in [7, 11) is 0. The van der Waals surface area contributed by atoms with Gasteiger partial charge in [-0.2, -0.15) is 0 Å². The maximum Gasteiger partial charge on any atom is 0.326 e. The van der Waals surface area contributed by atoms with E-state index in [1.165, 1.54) is 0 Å². The predicted molar refractivity (Wildman–Crippen MR) is 63.9 cm³/mol. The molecule has 0 heterocycles. The highest BCUT2D eigenvalue weighted by molar-refractivity contribution is 5.82. The molecule has 0 aliphatic rings. The number of aliphatic carboxylic acids is 1. The van der Waals surface area contributed by atoms with Crippen LogP contribution in [-0.2, 0) is 9.53 Å². The van der Waals surface area contributed by atoms with Gasteiger partial charge in [0.05, 0.1) is 6.61 Å². The van der Waals surface area contributed by atoms with Gasteiger partial charge in [0.1, 0.15) is 6.04 Å². The summed E-state index contributed by atoms with van der Waals surface area (Å²) in [4.78, 5) is 22.3. The van der Waals surface area contributed by atoms with Gasteiger partial charge >= 0.3 is 12.0 Å². The largest absolute Gasteiger partial charge is 0.480 e. The van der Waals surface area contributed by atoms with E-state index in [1.807, 2.05) is 13.8 Å². The van der Waals surface area contributed by atoms with Gasteiger partial charge in [0, 0.05) is 13.2 Å². The number of carboxylic acid groups (broad SMARTS) is 1. The van der Waals surface area contributed by atoms with Gasteiger partial charge in [-0.3, -0.25) is 0 Å². The topological polar surface area (TPSA) is 87.7 Å². The van der Waals surface area contributed by atoms with Crippen LogP contribution >= 0.6 is 0 Å². The Balaban J connectivity index is 4.00. The lowest BCUT2D eigenvalue weighted by molar-refractivity contribution is -0.140. The number of ether oxygens (including phenoxy) is 1. The molecule has 0 saturated carbocycles. The van der Waals surface area contributed by atoms with Crippen molar-refractivity contribution in [1.29, 1.82) is 0 Å². The summed E-state index contributed by atoms with van der Waals surface area (Å²) in [6, 6.07) is -1.33. The molecule has 0 bridgehead atoms. The van der Waals surface area contributed by atoms with Gasteiger partial charge in [0.2, 0.25) is 0 Å². The highest BCUT2D eigenvalue weighted by Gasteiger charge is 2.24. The van der Waals surface area contributed by atoms with Crippen LogP contribution in [0.15, 0.2) is 0 Å². The van der Waals surface area contributed by atoms with Crippen LogP contribution in [0.5, 0.6) is 0 Å². The van der Waals surface area contributed by atoms with Gasteiger partial charge in [-0.1, -0.05) is 20.3 Å². The minimum absolute atomic E-state index is 0.106. The number of urea groups is 1. The summed E-state index contributed by atoms with van der Waals surface area (Å²) in [5.74, 6) is -1.12. The van der Waals surface area contributed by atoms with Crippen LogP contribution in [0.3, 0.4) is 0 Å². The SMILES string of the molecule is CCOCCNC(=O)NC(C(=O)O)C(C)CC. The molecule has 100 valence electrons. The number of rotatable bonds is 8. The van der Waals surface area contributed by atoms with Gasteiger partial charge < -0.3 is 20.5 Å². The molecule has 2 atom stereocenters. The molecule has 0 saturated heterocycles. The zero-order chi connectivity index (χ0) is 13.3. The van der Waals surface area contributed by atoms with E-state index in [9.17, 15) is 9.59 Å². The molecule has 0 radical (unpaired) electrons. The summed E-state index contributed by atoms with van der Waals surface area (Å²) in [5.41, 5.74) is 0. The molecule has 2 unspecified atom stereocenters. The minimum atomic E-state index is -1.01. The summed E-state index contributed by atoms with van der Waals surface area (Å²) in [5, 5.41) is 13.9. The summed E-state index contributed by atoms with van der Waals surface area (Å²) in [6.45, 7) is 6.92. The first-order valence-electron chi connectivity index (χ1n) is 5.87. The average molecular weight is 246 g/mol. The van der Waals surface area contributed by atoms with Gasteiger partial charge in [-0.15, -0.1) is 0 Å². The molecular formula is C11H22N2O4. The van der Waals surface area contributed by atoms with Crippen molar-refractivity contribution in [3.05, 3.63) is 0 Å². The second-order valence-electron chi connectivity index (χ2n) is 3.80. The standard InChI is InChI=1S/C11H22N2O4/c1-4-8(3)9(10(14)15)13-11(16)12-6-7-17-5-2/h8-9H,4-7H2,1-3H3,(H,14,15)(H2,12,13,16). The van der Waals surface area contributed by atoms with Gasteiger partial charge in [0.15, 0.2) is 0 Å². The Morgan fingerprint density at radius 2 is 2.00 bits per heavy atom. The molecule has 0 rings (SSSR count). The van der Waals surface area contributed by atoms with Crippen LogP contribution < -0.4 is 10.6 Å². The Kier molecular flexibility index (Phi) is 8.13. The van der Waals surface area contributed by atoms with E-state index in [-0.39, 0.29) is 5.92 Å². The molecule has 0 spiro atoms. The number of carbonyl (C=O) groups is 2. The first kappa shape index (κ1) is 15.7. The fraction of sp³-hybridized carbons (Fsp3) is 0.818. The fourth-order valence-electron chi connectivity index (χ4n) is 1.26. The monoisotopic (exact) mass is 246 g/mol. The number of carbonyl (C=O) groups excluding carboxylic acids is 1. The third-order valence-corrected chi connectivity index (χ3v) is 2.50. The number of hydrogen-bond donors (Lipinski definition) is 3. The predicted octanol–water partition coefficient (Wildman–Crippen LogP) is 0.821. The van der Waals surface area contributed by atoms with Crippen molar-refractivity contribution in [3.63, 3.8) is 0 Å². The summed E-state index contributed by atoms with van der Waals surface area (Å²) in [6.07, 6.45) is 0.691. The number of hydrogen-bond acceptors (Lipinski definition) is 3. The molecule has 0 aromatic carbocycles. The molecular weight excluding hydrogens is 224 g/mol. The Morgan fingerprint density at radius 3 is 2.47 bits per heavy atom. The van der Waals surface area contributed by atoms with Crippen LogP contribution in [0, 0.1) is 5.92 Å². The molecule has 6 heteroatoms. The number of carboxylic acids is 1. The highest BCUT2D eigenvalue weighted by Crippen LogP contribution is 2.07. The molecule has 3 N–H and O–H groups in total. The van der Waals surface area contributed by atoms with Gasteiger partial charge in [-0.05, 0) is 12.8 Å². The highest BCUT2D eigenvalue weighted by atomic mass is 16.5. The third kappa shape index (κ3) is 6.78. The normalized spacial score (nSPS) is 13.8. The second-order valence-corrected chi connectivity index (χ2v) is 3.80. The van der Waals surface area contributed by atoms with Crippen molar-refractivity contribution in [2.45, 2.75) is 33.2 Å². The second kappa shape index (κ2) is 8.81. The molecule has 2 amide bonds. The van der Waals surface area contributed by atoms with Crippen molar-refractivity contribution >= 4 is 12.0 Å². The number of nitrogens with one attached hydrogen (secondary N) is 2. The lowest BCUT2D eigenvalue weighted by Crippen LogP contribution is -2.49. The van der Waals surface area contributed by atoms with Crippen LogP contribution in [0.25, 0.3) is 0 Å². The van der Waals surface area contributed by atoms with Crippen molar-refractivity contribution in [2.24, 2.45) is 5.92 Å². The minimum Gasteiger partial charge on any atom is -0.480 e. The molecule has 6 nitrogen and oxygen atoms in total. The average Bonchev–Trinajstić information content (AvgIpc) is 2.30. The Bertz CT molecular complexity index is 246. The zero-order valence-corrected chi connectivity index (χ0v) is 10.7. The lowest BCUT2D eigenvalue weighted by atomic mass is 9.99. The molecule has 0 fully saturated rings. The summed E-state index contributed by atoms with van der Waals surface area (Å²) >= 11 is 0. The maximum atomic E-state index is 11.4. The van der Waals surface area contributed by atoms with Crippen molar-refractivity contribution in [1.82, 2.24) is 10.6 Å². The molecule has 0 aliphatic heterocycles. The van der Waals surface area contributed by atoms with E-state index in [2.05, 4.69) is 10.6 Å². The van der Waals surface area contributed by atoms with Crippen LogP contribution in [0.4, 0.5) is 4.79 Å². The maximum absolute atomic E-state index is 11.4. The molecule has 17 heavy (non-hydrogen) atoms. The Morgan fingerprint density at radius 1 is 1.35 bits per heavy atom. The number of amides is 2. The molecule has 0 aliphatic carbocycles. The van der Waals surface area contributed by atoms with E-state index < -0.39 is 18.0 Å². The first-order valence-corrected chi connectivity index (χ1v) is 5.87. The van der Waals surface area contributed by atoms with Crippen molar-refractivity contribution in [2.75, 3.05) is 19.8 Å². The van der Waals surface area contributed by atoms with E-state index in [0.29, 0.717) is 26.2 Å². The van der Waals surface area contributed by atoms with Gasteiger partial charge in [-0.25, -0.2) is 9.59 Å². The smallest absolute Gasteiger partial charge is 0.326 e. The van der Waals surface area contributed by atoms with E-state index in [0.717, 1.165) is 0 Å². The molecule has 0 aromatic heterocycles. The summed E-state index contributed by atoms with van der Waals surface area (Å²) < 4.78 is 5.05. The van der Waals surface area contributed by atoms with Crippen LogP contribution in [0.1, 0.15) is 27.2 Å². The third-order valence-electron chi connectivity index (χ3n) is 2.50. The zero-order valence-electron chi connectivity index (χ0n) is 10.7. The lowest BCUT2D eigenvalue weighted by Gasteiger charge is -2.20. The molecule has 0 aromatic rings. The first-order chi connectivity index (χ1) is 8.02. The Labute approximate surface area is 102 Å². The van der Waals surface area contributed by atoms with Crippen LogP contribution in [-0.4, -0.2) is 42.9 Å². The fourth-order valence-corrected chi connectivity index (χ4v) is 1.26.